The zero-order chi connectivity index (χ0) is 11.8. The first kappa shape index (κ1) is 11.5. The minimum absolute atomic E-state index is 0.134. The third-order valence-electron chi connectivity index (χ3n) is 3.58. The Balaban J connectivity index is 2.31. The van der Waals surface area contributed by atoms with E-state index in [4.69, 9.17) is 11.6 Å². The number of carbonyl (C=O) groups is 1. The first-order valence-corrected chi connectivity index (χ1v) is 5.97. The second-order valence-corrected chi connectivity index (χ2v) is 4.90. The van der Waals surface area contributed by atoms with Gasteiger partial charge in [0, 0.05) is 10.4 Å². The molecule has 86 valence electrons. The Morgan fingerprint density at radius 2 is 2.00 bits per heavy atom. The van der Waals surface area contributed by atoms with E-state index in [1.165, 1.54) is 0 Å². The van der Waals surface area contributed by atoms with E-state index >= 15 is 0 Å². The van der Waals surface area contributed by atoms with Crippen molar-refractivity contribution >= 4 is 17.6 Å². The molecule has 0 heterocycles. The van der Waals surface area contributed by atoms with Gasteiger partial charge < -0.3 is 5.11 Å². The van der Waals surface area contributed by atoms with Gasteiger partial charge in [-0.1, -0.05) is 30.7 Å². The monoisotopic (exact) mass is 238 g/mol. The van der Waals surface area contributed by atoms with Gasteiger partial charge in [-0.2, -0.15) is 0 Å². The lowest BCUT2D eigenvalue weighted by molar-refractivity contribution is -0.143. The molecule has 1 fully saturated rings. The van der Waals surface area contributed by atoms with E-state index in [2.05, 4.69) is 0 Å². The second-order valence-electron chi connectivity index (χ2n) is 4.46. The molecule has 1 aromatic rings. The zero-order valence-corrected chi connectivity index (χ0v) is 10.00. The Kier molecular flexibility index (Phi) is 2.94. The molecule has 1 atom stereocenters. The van der Waals surface area contributed by atoms with Crippen molar-refractivity contribution in [3.05, 3.63) is 34.9 Å². The van der Waals surface area contributed by atoms with Gasteiger partial charge in [-0.3, -0.25) is 4.79 Å². The van der Waals surface area contributed by atoms with Crippen LogP contribution in [0.3, 0.4) is 0 Å². The molecule has 1 saturated carbocycles. The maximum atomic E-state index is 11.2. The topological polar surface area (TPSA) is 37.3 Å². The highest BCUT2D eigenvalue weighted by Crippen LogP contribution is 2.55. The summed E-state index contributed by atoms with van der Waals surface area (Å²) < 4.78 is 0. The van der Waals surface area contributed by atoms with Crippen molar-refractivity contribution in [3.63, 3.8) is 0 Å². The summed E-state index contributed by atoms with van der Waals surface area (Å²) >= 11 is 5.84. The SMILES string of the molecule is CCC(C(=O)O)C1(c2ccc(Cl)cc2)CC1. The van der Waals surface area contributed by atoms with Gasteiger partial charge in [-0.15, -0.1) is 0 Å². The van der Waals surface area contributed by atoms with Crippen molar-refractivity contribution in [1.82, 2.24) is 0 Å². The Hall–Kier alpha value is -1.02. The van der Waals surface area contributed by atoms with Gasteiger partial charge in [0.2, 0.25) is 0 Å². The summed E-state index contributed by atoms with van der Waals surface area (Å²) in [5.74, 6) is -0.955. The summed E-state index contributed by atoms with van der Waals surface area (Å²) in [6.45, 7) is 1.94. The fourth-order valence-corrected chi connectivity index (χ4v) is 2.68. The van der Waals surface area contributed by atoms with Crippen LogP contribution in [0.1, 0.15) is 31.7 Å². The molecule has 16 heavy (non-hydrogen) atoms. The quantitative estimate of drug-likeness (QED) is 0.872. The van der Waals surface area contributed by atoms with E-state index < -0.39 is 5.97 Å². The molecule has 1 N–H and O–H groups in total. The fraction of sp³-hybridized carbons (Fsp3) is 0.462. The Bertz CT molecular complexity index is 393. The van der Waals surface area contributed by atoms with Crippen molar-refractivity contribution in [2.24, 2.45) is 5.92 Å². The third-order valence-corrected chi connectivity index (χ3v) is 3.83. The van der Waals surface area contributed by atoms with Crippen molar-refractivity contribution < 1.29 is 9.90 Å². The predicted molar refractivity (Wildman–Crippen MR) is 63.8 cm³/mol. The van der Waals surface area contributed by atoms with Crippen LogP contribution in [0, 0.1) is 5.92 Å². The van der Waals surface area contributed by atoms with Gasteiger partial charge in [0.25, 0.3) is 0 Å². The van der Waals surface area contributed by atoms with Crippen LogP contribution in [-0.4, -0.2) is 11.1 Å². The summed E-state index contributed by atoms with van der Waals surface area (Å²) in [6.07, 6.45) is 2.62. The molecule has 1 aliphatic carbocycles. The van der Waals surface area contributed by atoms with E-state index in [0.29, 0.717) is 11.4 Å². The van der Waals surface area contributed by atoms with Gasteiger partial charge >= 0.3 is 5.97 Å². The number of hydrogen-bond acceptors (Lipinski definition) is 1. The number of hydrogen-bond donors (Lipinski definition) is 1. The third kappa shape index (κ3) is 1.82. The van der Waals surface area contributed by atoms with Crippen molar-refractivity contribution in [3.8, 4) is 0 Å². The molecule has 0 spiro atoms. The maximum Gasteiger partial charge on any atom is 0.307 e. The van der Waals surface area contributed by atoms with Gasteiger partial charge in [-0.25, -0.2) is 0 Å². The summed E-state index contributed by atoms with van der Waals surface area (Å²) in [5.41, 5.74) is 0.983. The first-order valence-electron chi connectivity index (χ1n) is 5.59. The molecule has 0 aliphatic heterocycles. The molecule has 3 heteroatoms. The summed E-state index contributed by atoms with van der Waals surface area (Å²) in [7, 11) is 0. The lowest BCUT2D eigenvalue weighted by atomic mass is 9.81. The molecule has 0 aromatic heterocycles. The van der Waals surface area contributed by atoms with E-state index in [9.17, 15) is 9.90 Å². The number of carboxylic acids is 1. The van der Waals surface area contributed by atoms with Crippen LogP contribution in [0.25, 0.3) is 0 Å². The molecule has 2 nitrogen and oxygen atoms in total. The number of halogens is 1. The van der Waals surface area contributed by atoms with Crippen LogP contribution < -0.4 is 0 Å². The highest BCUT2D eigenvalue weighted by molar-refractivity contribution is 6.30. The zero-order valence-electron chi connectivity index (χ0n) is 9.24. The number of benzene rings is 1. The average Bonchev–Trinajstić information content (AvgIpc) is 3.01. The van der Waals surface area contributed by atoms with Gasteiger partial charge in [-0.05, 0) is 37.0 Å². The Morgan fingerprint density at radius 1 is 1.44 bits per heavy atom. The maximum absolute atomic E-state index is 11.2. The average molecular weight is 239 g/mol. The van der Waals surface area contributed by atoms with Crippen LogP contribution in [-0.2, 0) is 10.2 Å². The van der Waals surface area contributed by atoms with Gasteiger partial charge in [0.15, 0.2) is 0 Å². The lowest BCUT2D eigenvalue weighted by Gasteiger charge is -2.22. The molecular weight excluding hydrogens is 224 g/mol. The van der Waals surface area contributed by atoms with Crippen molar-refractivity contribution in [2.45, 2.75) is 31.6 Å². The molecule has 0 saturated heterocycles. The van der Waals surface area contributed by atoms with Crippen molar-refractivity contribution in [1.29, 1.82) is 0 Å². The van der Waals surface area contributed by atoms with Crippen LogP contribution >= 0.6 is 11.6 Å². The molecule has 2 rings (SSSR count). The normalized spacial score (nSPS) is 19.1. The molecule has 0 radical (unpaired) electrons. The molecule has 0 bridgehead atoms. The highest BCUT2D eigenvalue weighted by atomic mass is 35.5. The minimum Gasteiger partial charge on any atom is -0.481 e. The number of rotatable bonds is 4. The summed E-state index contributed by atoms with van der Waals surface area (Å²) in [5, 5.41) is 9.94. The largest absolute Gasteiger partial charge is 0.481 e. The first-order chi connectivity index (χ1) is 7.60. The molecule has 1 aliphatic rings. The number of aliphatic carboxylic acids is 1. The fourth-order valence-electron chi connectivity index (χ4n) is 2.56. The van der Waals surface area contributed by atoms with E-state index in [1.807, 2.05) is 31.2 Å². The molecular formula is C13H15ClO2. The van der Waals surface area contributed by atoms with E-state index in [-0.39, 0.29) is 11.3 Å². The van der Waals surface area contributed by atoms with E-state index in [1.54, 1.807) is 0 Å². The Morgan fingerprint density at radius 3 is 2.38 bits per heavy atom. The predicted octanol–water partition coefficient (Wildman–Crippen LogP) is 3.48. The lowest BCUT2D eigenvalue weighted by Crippen LogP contribution is -2.27. The van der Waals surface area contributed by atoms with Crippen LogP contribution in [0.4, 0.5) is 0 Å². The number of carboxylic acid groups (broad SMARTS) is 1. The second kappa shape index (κ2) is 4.10. The standard InChI is InChI=1S/C13H15ClO2/c1-2-11(12(15)16)13(7-8-13)9-3-5-10(14)6-4-9/h3-6,11H,2,7-8H2,1H3,(H,15,16). The summed E-state index contributed by atoms with van der Waals surface area (Å²) in [6, 6.07) is 7.60. The molecule has 1 unspecified atom stereocenters. The van der Waals surface area contributed by atoms with Crippen LogP contribution in [0.5, 0.6) is 0 Å². The smallest absolute Gasteiger partial charge is 0.307 e. The van der Waals surface area contributed by atoms with Gasteiger partial charge in [0.05, 0.1) is 5.92 Å². The molecule has 0 amide bonds. The minimum atomic E-state index is -0.685. The van der Waals surface area contributed by atoms with Crippen molar-refractivity contribution in [2.75, 3.05) is 0 Å². The Labute approximate surface area is 100 Å². The van der Waals surface area contributed by atoms with E-state index in [0.717, 1.165) is 18.4 Å². The molecule has 1 aromatic carbocycles. The van der Waals surface area contributed by atoms with Gasteiger partial charge in [0.1, 0.15) is 0 Å². The highest BCUT2D eigenvalue weighted by Gasteiger charge is 2.52. The van der Waals surface area contributed by atoms with Crippen LogP contribution in [0.2, 0.25) is 5.02 Å². The van der Waals surface area contributed by atoms with Crippen LogP contribution in [0.15, 0.2) is 24.3 Å². The summed E-state index contributed by atoms with van der Waals surface area (Å²) in [4.78, 5) is 11.2.